The summed E-state index contributed by atoms with van der Waals surface area (Å²) >= 11 is 0. The van der Waals surface area contributed by atoms with E-state index in [9.17, 15) is 22.0 Å². The number of carbonyl (C=O) groups is 1. The molecule has 1 fully saturated rings. The lowest BCUT2D eigenvalue weighted by Gasteiger charge is -2.32. The number of hydrogen-bond acceptors (Lipinski definition) is 5. The van der Waals surface area contributed by atoms with Crippen molar-refractivity contribution >= 4 is 15.9 Å². The van der Waals surface area contributed by atoms with Gasteiger partial charge in [0.2, 0.25) is 10.0 Å². The van der Waals surface area contributed by atoms with Gasteiger partial charge in [-0.3, -0.25) is 4.79 Å². The minimum absolute atomic E-state index is 0.0114. The molecule has 7 nitrogen and oxygen atoms in total. The van der Waals surface area contributed by atoms with E-state index in [-0.39, 0.29) is 23.0 Å². The summed E-state index contributed by atoms with van der Waals surface area (Å²) in [6, 6.07) is 4.39. The third-order valence-electron chi connectivity index (χ3n) is 4.17. The molecule has 1 heterocycles. The third-order valence-corrected chi connectivity index (χ3v) is 4.86. The van der Waals surface area contributed by atoms with Gasteiger partial charge in [0.1, 0.15) is 0 Å². The standard InChI is InChI=1S/C16H22F2N2O5S/c1-24-13-5-3-4-12(14(13)25-16(17)18)15(21)20-8-6-11(7-9-20)10-19-26(2,22)23/h3-5,11,16,19H,6-10H2,1-2H3. The van der Waals surface area contributed by atoms with Crippen molar-refractivity contribution in [3.8, 4) is 11.5 Å². The Balaban J connectivity index is 2.06. The molecule has 0 bridgehead atoms. The Labute approximate surface area is 151 Å². The molecule has 0 aromatic heterocycles. The van der Waals surface area contributed by atoms with E-state index in [1.54, 1.807) is 4.90 Å². The van der Waals surface area contributed by atoms with Crippen LogP contribution in [0, 0.1) is 5.92 Å². The van der Waals surface area contributed by atoms with Crippen LogP contribution in [0.1, 0.15) is 23.2 Å². The topological polar surface area (TPSA) is 84.9 Å². The van der Waals surface area contributed by atoms with E-state index in [4.69, 9.17) is 4.74 Å². The summed E-state index contributed by atoms with van der Waals surface area (Å²) in [5, 5.41) is 0. The number of likely N-dealkylation sites (tertiary alicyclic amines) is 1. The molecule has 1 N–H and O–H groups in total. The molecule has 1 amide bonds. The van der Waals surface area contributed by atoms with Crippen LogP contribution in [0.5, 0.6) is 11.5 Å². The lowest BCUT2D eigenvalue weighted by molar-refractivity contribution is -0.0516. The van der Waals surface area contributed by atoms with Crippen molar-refractivity contribution in [2.45, 2.75) is 19.5 Å². The molecule has 10 heteroatoms. The number of piperidine rings is 1. The van der Waals surface area contributed by atoms with Crippen LogP contribution >= 0.6 is 0 Å². The maximum absolute atomic E-state index is 12.7. The van der Waals surface area contributed by atoms with Crippen LogP contribution < -0.4 is 14.2 Å². The number of alkyl halides is 2. The lowest BCUT2D eigenvalue weighted by atomic mass is 9.96. The van der Waals surface area contributed by atoms with Gasteiger partial charge in [0, 0.05) is 19.6 Å². The number of nitrogens with one attached hydrogen (secondary N) is 1. The second-order valence-electron chi connectivity index (χ2n) is 6.07. The fourth-order valence-electron chi connectivity index (χ4n) is 2.84. The first-order chi connectivity index (χ1) is 12.2. The van der Waals surface area contributed by atoms with Crippen LogP contribution in [0.4, 0.5) is 8.78 Å². The van der Waals surface area contributed by atoms with Crippen LogP contribution in [0.2, 0.25) is 0 Å². The number of halogens is 2. The normalized spacial score (nSPS) is 16.0. The van der Waals surface area contributed by atoms with Crippen LogP contribution in [0.3, 0.4) is 0 Å². The number of methoxy groups -OCH3 is 1. The number of rotatable bonds is 7. The van der Waals surface area contributed by atoms with Gasteiger partial charge < -0.3 is 14.4 Å². The monoisotopic (exact) mass is 392 g/mol. The molecular weight excluding hydrogens is 370 g/mol. The van der Waals surface area contributed by atoms with Crippen LogP contribution in [0.15, 0.2) is 18.2 Å². The van der Waals surface area contributed by atoms with Gasteiger partial charge in [-0.25, -0.2) is 13.1 Å². The van der Waals surface area contributed by atoms with Crippen LogP contribution in [-0.2, 0) is 10.0 Å². The smallest absolute Gasteiger partial charge is 0.387 e. The molecule has 0 atom stereocenters. The molecule has 1 aromatic carbocycles. The van der Waals surface area contributed by atoms with Crippen molar-refractivity contribution in [3.05, 3.63) is 23.8 Å². The van der Waals surface area contributed by atoms with E-state index in [2.05, 4.69) is 9.46 Å². The Morgan fingerprint density at radius 1 is 1.35 bits per heavy atom. The number of sulfonamides is 1. The molecule has 1 aromatic rings. The molecule has 146 valence electrons. The van der Waals surface area contributed by atoms with Gasteiger partial charge in [0.15, 0.2) is 11.5 Å². The summed E-state index contributed by atoms with van der Waals surface area (Å²) in [5.74, 6) is -0.524. The maximum atomic E-state index is 12.7. The molecular formula is C16H22F2N2O5S. The highest BCUT2D eigenvalue weighted by Gasteiger charge is 2.28. The van der Waals surface area contributed by atoms with Crippen LogP contribution in [-0.4, -0.2) is 58.8 Å². The van der Waals surface area contributed by atoms with Crippen molar-refractivity contribution in [2.75, 3.05) is 33.0 Å². The average molecular weight is 392 g/mol. The fourth-order valence-corrected chi connectivity index (χ4v) is 3.37. The zero-order valence-electron chi connectivity index (χ0n) is 14.6. The molecule has 2 rings (SSSR count). The maximum Gasteiger partial charge on any atom is 0.387 e. The summed E-state index contributed by atoms with van der Waals surface area (Å²) < 4.78 is 59.7. The quantitative estimate of drug-likeness (QED) is 0.764. The number of para-hydroxylation sites is 1. The largest absolute Gasteiger partial charge is 0.493 e. The van der Waals surface area contributed by atoms with Gasteiger partial charge in [-0.05, 0) is 30.9 Å². The number of amides is 1. The van der Waals surface area contributed by atoms with Gasteiger partial charge in [-0.1, -0.05) is 6.07 Å². The highest BCUT2D eigenvalue weighted by Crippen LogP contribution is 2.34. The molecule has 0 saturated carbocycles. The van der Waals surface area contributed by atoms with E-state index < -0.39 is 22.5 Å². The van der Waals surface area contributed by atoms with Gasteiger partial charge in [-0.15, -0.1) is 0 Å². The Kier molecular flexibility index (Phi) is 6.76. The molecule has 26 heavy (non-hydrogen) atoms. The predicted molar refractivity (Wildman–Crippen MR) is 91.1 cm³/mol. The van der Waals surface area contributed by atoms with Crippen LogP contribution in [0.25, 0.3) is 0 Å². The Bertz CT molecular complexity index is 734. The SMILES string of the molecule is COc1cccc(C(=O)N2CCC(CNS(C)(=O)=O)CC2)c1OC(F)F. The van der Waals surface area contributed by atoms with Gasteiger partial charge in [-0.2, -0.15) is 8.78 Å². The third kappa shape index (κ3) is 5.53. The molecule has 1 saturated heterocycles. The summed E-state index contributed by atoms with van der Waals surface area (Å²) in [4.78, 5) is 14.3. The van der Waals surface area contributed by atoms with Gasteiger partial charge in [0.25, 0.3) is 5.91 Å². The Morgan fingerprint density at radius 2 is 2.00 bits per heavy atom. The van der Waals surface area contributed by atoms with E-state index in [0.717, 1.165) is 6.26 Å². The van der Waals surface area contributed by atoms with Crippen molar-refractivity contribution in [2.24, 2.45) is 5.92 Å². The van der Waals surface area contributed by atoms with E-state index in [1.807, 2.05) is 0 Å². The Hall–Kier alpha value is -1.94. The van der Waals surface area contributed by atoms with E-state index in [1.165, 1.54) is 25.3 Å². The van der Waals surface area contributed by atoms with Crippen molar-refractivity contribution < 1.29 is 31.5 Å². The van der Waals surface area contributed by atoms with Gasteiger partial charge >= 0.3 is 6.61 Å². The number of benzene rings is 1. The summed E-state index contributed by atoms with van der Waals surface area (Å²) in [5.41, 5.74) is 0.0114. The fraction of sp³-hybridized carbons (Fsp3) is 0.562. The number of carbonyl (C=O) groups excluding carboxylic acids is 1. The highest BCUT2D eigenvalue weighted by molar-refractivity contribution is 7.88. The number of ether oxygens (including phenoxy) is 2. The second kappa shape index (κ2) is 8.63. The molecule has 1 aliphatic heterocycles. The number of nitrogens with zero attached hydrogens (tertiary/aromatic N) is 1. The van der Waals surface area contributed by atoms with Gasteiger partial charge in [0.05, 0.1) is 18.9 Å². The number of hydrogen-bond donors (Lipinski definition) is 1. The summed E-state index contributed by atoms with van der Waals surface area (Å²) in [6.07, 6.45) is 2.32. The molecule has 0 aliphatic carbocycles. The summed E-state index contributed by atoms with van der Waals surface area (Å²) in [7, 11) is -1.95. The van der Waals surface area contributed by atoms with Crippen molar-refractivity contribution in [1.29, 1.82) is 0 Å². The summed E-state index contributed by atoms with van der Waals surface area (Å²) in [6.45, 7) is -1.95. The highest BCUT2D eigenvalue weighted by atomic mass is 32.2. The first-order valence-electron chi connectivity index (χ1n) is 8.07. The zero-order valence-corrected chi connectivity index (χ0v) is 15.4. The molecule has 0 unspecified atom stereocenters. The van der Waals surface area contributed by atoms with Crippen molar-refractivity contribution in [3.63, 3.8) is 0 Å². The first kappa shape index (κ1) is 20.4. The van der Waals surface area contributed by atoms with E-state index in [0.29, 0.717) is 32.5 Å². The molecule has 0 radical (unpaired) electrons. The van der Waals surface area contributed by atoms with E-state index >= 15 is 0 Å². The minimum Gasteiger partial charge on any atom is -0.493 e. The molecule has 0 spiro atoms. The average Bonchev–Trinajstić information content (AvgIpc) is 2.59. The zero-order chi connectivity index (χ0) is 19.3. The molecule has 1 aliphatic rings. The lowest BCUT2D eigenvalue weighted by Crippen LogP contribution is -2.41. The predicted octanol–water partition coefficient (Wildman–Crippen LogP) is 1.70. The van der Waals surface area contributed by atoms with Crippen molar-refractivity contribution in [1.82, 2.24) is 9.62 Å². The minimum atomic E-state index is -3.25. The first-order valence-corrected chi connectivity index (χ1v) is 9.96. The second-order valence-corrected chi connectivity index (χ2v) is 7.90. The Morgan fingerprint density at radius 3 is 2.54 bits per heavy atom.